The van der Waals surface area contributed by atoms with Gasteiger partial charge in [0, 0.05) is 4.47 Å². The first-order chi connectivity index (χ1) is 6.67. The van der Waals surface area contributed by atoms with E-state index >= 15 is 0 Å². The number of halogens is 2. The molecule has 1 rings (SSSR count). The van der Waals surface area contributed by atoms with Crippen molar-refractivity contribution in [3.63, 3.8) is 0 Å². The standard InChI is InChI=1S/C11H14BrFO/c1-3-9(4-2)14-11-7-8(12)5-6-10(11)13/h5-7,9H,3-4H2,1-2H3. The van der Waals surface area contributed by atoms with Crippen molar-refractivity contribution in [2.75, 3.05) is 0 Å². The maximum Gasteiger partial charge on any atom is 0.165 e. The van der Waals surface area contributed by atoms with Crippen molar-refractivity contribution >= 4 is 15.9 Å². The minimum Gasteiger partial charge on any atom is -0.487 e. The summed E-state index contributed by atoms with van der Waals surface area (Å²) in [7, 11) is 0. The van der Waals surface area contributed by atoms with E-state index in [1.54, 1.807) is 12.1 Å². The molecule has 0 N–H and O–H groups in total. The fourth-order valence-electron chi connectivity index (χ4n) is 1.20. The topological polar surface area (TPSA) is 9.23 Å². The highest BCUT2D eigenvalue weighted by Gasteiger charge is 2.09. The molecule has 0 aliphatic carbocycles. The number of hydrogen-bond acceptors (Lipinski definition) is 1. The fourth-order valence-corrected chi connectivity index (χ4v) is 1.54. The highest BCUT2D eigenvalue weighted by Crippen LogP contribution is 2.24. The molecule has 0 aromatic heterocycles. The third-order valence-corrected chi connectivity index (χ3v) is 2.59. The molecule has 1 aromatic rings. The van der Waals surface area contributed by atoms with E-state index < -0.39 is 0 Å². The molecule has 0 atom stereocenters. The van der Waals surface area contributed by atoms with Crippen molar-refractivity contribution in [1.29, 1.82) is 0 Å². The van der Waals surface area contributed by atoms with Crippen LogP contribution >= 0.6 is 15.9 Å². The normalized spacial score (nSPS) is 10.6. The van der Waals surface area contributed by atoms with Gasteiger partial charge < -0.3 is 4.74 Å². The van der Waals surface area contributed by atoms with Gasteiger partial charge >= 0.3 is 0 Å². The predicted molar refractivity (Wildman–Crippen MR) is 59.1 cm³/mol. The second-order valence-corrected chi connectivity index (χ2v) is 4.05. The van der Waals surface area contributed by atoms with E-state index in [0.29, 0.717) is 5.75 Å². The van der Waals surface area contributed by atoms with Gasteiger partial charge in [0.1, 0.15) is 0 Å². The molecule has 0 heterocycles. The maximum absolute atomic E-state index is 13.3. The summed E-state index contributed by atoms with van der Waals surface area (Å²) < 4.78 is 19.6. The summed E-state index contributed by atoms with van der Waals surface area (Å²) in [4.78, 5) is 0. The van der Waals surface area contributed by atoms with Crippen molar-refractivity contribution in [2.24, 2.45) is 0 Å². The van der Waals surface area contributed by atoms with Crippen LogP contribution in [-0.4, -0.2) is 6.10 Å². The lowest BCUT2D eigenvalue weighted by Crippen LogP contribution is -2.14. The molecule has 1 nitrogen and oxygen atoms in total. The Kier molecular flexibility index (Phi) is 4.39. The van der Waals surface area contributed by atoms with Gasteiger partial charge in [0.05, 0.1) is 6.10 Å². The average Bonchev–Trinajstić information content (AvgIpc) is 2.19. The van der Waals surface area contributed by atoms with Crippen LogP contribution in [0.3, 0.4) is 0 Å². The van der Waals surface area contributed by atoms with Crippen LogP contribution in [-0.2, 0) is 0 Å². The Bertz CT molecular complexity index is 297. The molecule has 14 heavy (non-hydrogen) atoms. The summed E-state index contributed by atoms with van der Waals surface area (Å²) in [6.45, 7) is 4.06. The second-order valence-electron chi connectivity index (χ2n) is 3.13. The first-order valence-corrected chi connectivity index (χ1v) is 5.58. The van der Waals surface area contributed by atoms with Crippen LogP contribution in [0.1, 0.15) is 26.7 Å². The fraction of sp³-hybridized carbons (Fsp3) is 0.455. The van der Waals surface area contributed by atoms with Crippen molar-refractivity contribution in [2.45, 2.75) is 32.8 Å². The molecule has 0 saturated heterocycles. The maximum atomic E-state index is 13.3. The second kappa shape index (κ2) is 5.35. The zero-order valence-electron chi connectivity index (χ0n) is 8.39. The SMILES string of the molecule is CCC(CC)Oc1cc(Br)ccc1F. The summed E-state index contributed by atoms with van der Waals surface area (Å²) in [6, 6.07) is 4.73. The molecule has 0 amide bonds. The lowest BCUT2D eigenvalue weighted by Gasteiger charge is -2.16. The monoisotopic (exact) mass is 260 g/mol. The Morgan fingerprint density at radius 1 is 1.36 bits per heavy atom. The molecule has 0 saturated carbocycles. The van der Waals surface area contributed by atoms with E-state index in [1.165, 1.54) is 6.07 Å². The molecule has 0 spiro atoms. The zero-order valence-corrected chi connectivity index (χ0v) is 9.97. The first-order valence-electron chi connectivity index (χ1n) is 4.79. The van der Waals surface area contributed by atoms with Gasteiger partial charge in [-0.05, 0) is 31.0 Å². The Morgan fingerprint density at radius 3 is 2.57 bits per heavy atom. The Hall–Kier alpha value is -0.570. The van der Waals surface area contributed by atoms with Crippen molar-refractivity contribution in [3.8, 4) is 5.75 Å². The minimum atomic E-state index is -0.305. The van der Waals surface area contributed by atoms with Crippen molar-refractivity contribution in [3.05, 3.63) is 28.5 Å². The van der Waals surface area contributed by atoms with Gasteiger partial charge in [0.25, 0.3) is 0 Å². The highest BCUT2D eigenvalue weighted by atomic mass is 79.9. The molecule has 0 unspecified atom stereocenters. The van der Waals surface area contributed by atoms with Crippen LogP contribution in [0.5, 0.6) is 5.75 Å². The summed E-state index contributed by atoms with van der Waals surface area (Å²) >= 11 is 3.28. The van der Waals surface area contributed by atoms with Crippen LogP contribution in [0.25, 0.3) is 0 Å². The summed E-state index contributed by atoms with van der Waals surface area (Å²) in [5.74, 6) is 0.0215. The molecule has 0 aliphatic rings. The average molecular weight is 261 g/mol. The Labute approximate surface area is 92.4 Å². The van der Waals surface area contributed by atoms with Crippen LogP contribution in [0, 0.1) is 5.82 Å². The van der Waals surface area contributed by atoms with E-state index in [4.69, 9.17) is 4.74 Å². The molecular weight excluding hydrogens is 247 g/mol. The molecule has 0 radical (unpaired) electrons. The van der Waals surface area contributed by atoms with Crippen LogP contribution < -0.4 is 4.74 Å². The minimum absolute atomic E-state index is 0.0961. The third-order valence-electron chi connectivity index (χ3n) is 2.10. The van der Waals surface area contributed by atoms with E-state index in [2.05, 4.69) is 15.9 Å². The Morgan fingerprint density at radius 2 is 2.00 bits per heavy atom. The van der Waals surface area contributed by atoms with Gasteiger partial charge in [0.15, 0.2) is 11.6 Å². The lowest BCUT2D eigenvalue weighted by atomic mass is 10.2. The summed E-state index contributed by atoms with van der Waals surface area (Å²) in [5, 5.41) is 0. The van der Waals surface area contributed by atoms with Crippen LogP contribution in [0.15, 0.2) is 22.7 Å². The van der Waals surface area contributed by atoms with Gasteiger partial charge in [-0.2, -0.15) is 0 Å². The van der Waals surface area contributed by atoms with E-state index in [0.717, 1.165) is 17.3 Å². The van der Waals surface area contributed by atoms with E-state index in [-0.39, 0.29) is 11.9 Å². The third kappa shape index (κ3) is 2.98. The molecule has 3 heteroatoms. The number of ether oxygens (including phenoxy) is 1. The quantitative estimate of drug-likeness (QED) is 0.790. The number of hydrogen-bond donors (Lipinski definition) is 0. The molecule has 0 aliphatic heterocycles. The van der Waals surface area contributed by atoms with Gasteiger partial charge in [-0.25, -0.2) is 4.39 Å². The van der Waals surface area contributed by atoms with Crippen LogP contribution in [0.2, 0.25) is 0 Å². The largest absolute Gasteiger partial charge is 0.487 e. The molecule has 0 fully saturated rings. The highest BCUT2D eigenvalue weighted by molar-refractivity contribution is 9.10. The summed E-state index contributed by atoms with van der Waals surface area (Å²) in [5.41, 5.74) is 0. The smallest absolute Gasteiger partial charge is 0.165 e. The van der Waals surface area contributed by atoms with Gasteiger partial charge in [-0.1, -0.05) is 29.8 Å². The molecule has 78 valence electrons. The van der Waals surface area contributed by atoms with Crippen molar-refractivity contribution in [1.82, 2.24) is 0 Å². The van der Waals surface area contributed by atoms with E-state index in [9.17, 15) is 4.39 Å². The number of rotatable bonds is 4. The van der Waals surface area contributed by atoms with Gasteiger partial charge in [-0.15, -0.1) is 0 Å². The van der Waals surface area contributed by atoms with Crippen LogP contribution in [0.4, 0.5) is 4.39 Å². The number of benzene rings is 1. The summed E-state index contributed by atoms with van der Waals surface area (Å²) in [6.07, 6.45) is 1.88. The predicted octanol–water partition coefficient (Wildman–Crippen LogP) is 4.16. The molecular formula is C11H14BrFO. The van der Waals surface area contributed by atoms with Gasteiger partial charge in [0.2, 0.25) is 0 Å². The van der Waals surface area contributed by atoms with Crippen molar-refractivity contribution < 1.29 is 9.13 Å². The van der Waals surface area contributed by atoms with Gasteiger partial charge in [-0.3, -0.25) is 0 Å². The first kappa shape index (κ1) is 11.5. The molecule has 1 aromatic carbocycles. The lowest BCUT2D eigenvalue weighted by molar-refractivity contribution is 0.184. The zero-order chi connectivity index (χ0) is 10.6. The van der Waals surface area contributed by atoms with E-state index in [1.807, 2.05) is 13.8 Å². The Balaban J connectivity index is 2.79. The molecule has 0 bridgehead atoms.